The molecule has 4 rings (SSSR count). The number of benzene rings is 1. The molecule has 0 fully saturated rings. The zero-order valence-corrected chi connectivity index (χ0v) is 14.2. The SMILES string of the molecule is C[C@H]1C(=O)N(Cc2ccccc2Cl)Cc2nnc(Cc3nn[nH]n3)n21. The molecule has 3 aromatic rings. The minimum Gasteiger partial charge on any atom is -0.329 e. The van der Waals surface area contributed by atoms with Gasteiger partial charge in [-0.05, 0) is 18.6 Å². The van der Waals surface area contributed by atoms with Crippen LogP contribution in [0.3, 0.4) is 0 Å². The second kappa shape index (κ2) is 6.25. The van der Waals surface area contributed by atoms with Gasteiger partial charge in [-0.15, -0.1) is 20.4 Å². The summed E-state index contributed by atoms with van der Waals surface area (Å²) in [5.41, 5.74) is 0.907. The smallest absolute Gasteiger partial charge is 0.246 e. The lowest BCUT2D eigenvalue weighted by Crippen LogP contribution is -2.41. The quantitative estimate of drug-likeness (QED) is 0.749. The van der Waals surface area contributed by atoms with Crippen LogP contribution in [0, 0.1) is 0 Å². The fourth-order valence-corrected chi connectivity index (χ4v) is 3.22. The van der Waals surface area contributed by atoms with Crippen molar-refractivity contribution in [2.75, 3.05) is 0 Å². The molecular weight excluding hydrogens is 344 g/mol. The molecule has 0 radical (unpaired) electrons. The third-order valence-electron chi connectivity index (χ3n) is 4.25. The van der Waals surface area contributed by atoms with Gasteiger partial charge in [0.1, 0.15) is 11.9 Å². The summed E-state index contributed by atoms with van der Waals surface area (Å²) in [4.78, 5) is 14.6. The van der Waals surface area contributed by atoms with Gasteiger partial charge >= 0.3 is 0 Å². The Morgan fingerprint density at radius 2 is 2.12 bits per heavy atom. The Hall–Kier alpha value is -2.81. The van der Waals surface area contributed by atoms with Crippen LogP contribution in [0.4, 0.5) is 0 Å². The number of halogens is 1. The second-order valence-corrected chi connectivity index (χ2v) is 6.28. The molecule has 0 saturated carbocycles. The van der Waals surface area contributed by atoms with Gasteiger partial charge in [0.25, 0.3) is 0 Å². The van der Waals surface area contributed by atoms with E-state index in [2.05, 4.69) is 30.8 Å². The molecule has 0 unspecified atom stereocenters. The Bertz CT molecular complexity index is 906. The minimum absolute atomic E-state index is 0.00146. The number of carbonyl (C=O) groups excluding carboxylic acids is 1. The highest BCUT2D eigenvalue weighted by molar-refractivity contribution is 6.31. The van der Waals surface area contributed by atoms with Gasteiger partial charge in [0.2, 0.25) is 5.91 Å². The Kier molecular flexibility index (Phi) is 3.92. The van der Waals surface area contributed by atoms with E-state index in [9.17, 15) is 4.79 Å². The fraction of sp³-hybridized carbons (Fsp3) is 0.333. The average Bonchev–Trinajstić information content (AvgIpc) is 3.25. The molecule has 1 aromatic carbocycles. The van der Waals surface area contributed by atoms with Gasteiger partial charge in [-0.2, -0.15) is 5.21 Å². The lowest BCUT2D eigenvalue weighted by atomic mass is 10.1. The zero-order valence-electron chi connectivity index (χ0n) is 13.4. The standard InChI is InChI=1S/C15H15ClN8O/c1-9-15(25)23(7-10-4-2-3-5-11(10)16)8-14-20-19-13(24(9)14)6-12-17-21-22-18-12/h2-5,9H,6-8H2,1H3,(H,17,18,21,22)/t9-/m0/s1. The van der Waals surface area contributed by atoms with E-state index in [1.165, 1.54) is 0 Å². The first-order chi connectivity index (χ1) is 12.1. The second-order valence-electron chi connectivity index (χ2n) is 5.87. The molecule has 0 aliphatic carbocycles. The number of nitrogens with zero attached hydrogens (tertiary/aromatic N) is 7. The van der Waals surface area contributed by atoms with E-state index in [0.717, 1.165) is 11.4 Å². The summed E-state index contributed by atoms with van der Waals surface area (Å²) in [5, 5.41) is 22.9. The van der Waals surface area contributed by atoms with E-state index in [-0.39, 0.29) is 5.91 Å². The summed E-state index contributed by atoms with van der Waals surface area (Å²) >= 11 is 6.22. The molecule has 0 bridgehead atoms. The molecule has 128 valence electrons. The average molecular weight is 359 g/mol. The molecule has 3 heterocycles. The number of nitrogens with one attached hydrogen (secondary N) is 1. The lowest BCUT2D eigenvalue weighted by Gasteiger charge is -2.32. The van der Waals surface area contributed by atoms with Crippen molar-refractivity contribution < 1.29 is 4.79 Å². The van der Waals surface area contributed by atoms with Crippen LogP contribution in [0.2, 0.25) is 5.02 Å². The molecule has 1 aliphatic heterocycles. The third kappa shape index (κ3) is 2.86. The summed E-state index contributed by atoms with van der Waals surface area (Å²) in [7, 11) is 0. The number of aromatic amines is 1. The number of rotatable bonds is 4. The van der Waals surface area contributed by atoms with E-state index in [4.69, 9.17) is 11.6 Å². The molecule has 10 heteroatoms. The normalized spacial score (nSPS) is 17.0. The number of tetrazole rings is 1. The summed E-state index contributed by atoms with van der Waals surface area (Å²) in [5.74, 6) is 1.89. The Morgan fingerprint density at radius 3 is 2.88 bits per heavy atom. The van der Waals surface area contributed by atoms with Crippen LogP contribution in [0.15, 0.2) is 24.3 Å². The van der Waals surface area contributed by atoms with Crippen molar-refractivity contribution in [3.63, 3.8) is 0 Å². The van der Waals surface area contributed by atoms with Crippen LogP contribution in [0.25, 0.3) is 0 Å². The molecule has 9 nitrogen and oxygen atoms in total. The Balaban J connectivity index is 1.60. The van der Waals surface area contributed by atoms with Gasteiger partial charge in [-0.3, -0.25) is 4.79 Å². The van der Waals surface area contributed by atoms with E-state index in [1.54, 1.807) is 4.90 Å². The number of carbonyl (C=O) groups is 1. The maximum absolute atomic E-state index is 12.8. The van der Waals surface area contributed by atoms with Crippen molar-refractivity contribution in [1.82, 2.24) is 40.3 Å². The number of hydrogen-bond donors (Lipinski definition) is 1. The number of H-pyrrole nitrogens is 1. The van der Waals surface area contributed by atoms with Gasteiger partial charge in [0.15, 0.2) is 11.6 Å². The molecular formula is C15H15ClN8O. The number of amides is 1. The van der Waals surface area contributed by atoms with Gasteiger partial charge in [-0.1, -0.05) is 35.0 Å². The molecule has 0 saturated heterocycles. The van der Waals surface area contributed by atoms with Crippen LogP contribution in [0.5, 0.6) is 0 Å². The predicted octanol–water partition coefficient (Wildman–Crippen LogP) is 1.14. The molecule has 2 aromatic heterocycles. The fourth-order valence-electron chi connectivity index (χ4n) is 3.02. The van der Waals surface area contributed by atoms with Crippen molar-refractivity contribution in [1.29, 1.82) is 0 Å². The Labute approximate surface area is 148 Å². The minimum atomic E-state index is -0.400. The summed E-state index contributed by atoms with van der Waals surface area (Å²) in [6, 6.07) is 7.11. The van der Waals surface area contributed by atoms with Crippen LogP contribution < -0.4 is 0 Å². The first-order valence-corrected chi connectivity index (χ1v) is 8.18. The van der Waals surface area contributed by atoms with Crippen LogP contribution in [-0.4, -0.2) is 46.2 Å². The maximum Gasteiger partial charge on any atom is 0.246 e. The summed E-state index contributed by atoms with van der Waals surface area (Å²) in [6.07, 6.45) is 0.367. The van der Waals surface area contributed by atoms with Crippen molar-refractivity contribution in [3.05, 3.63) is 52.3 Å². The van der Waals surface area contributed by atoms with Crippen molar-refractivity contribution >= 4 is 17.5 Å². The molecule has 1 aliphatic rings. The van der Waals surface area contributed by atoms with E-state index in [0.29, 0.717) is 36.2 Å². The molecule has 1 atom stereocenters. The van der Waals surface area contributed by atoms with Crippen molar-refractivity contribution in [2.24, 2.45) is 0 Å². The summed E-state index contributed by atoms with van der Waals surface area (Å²) in [6.45, 7) is 2.66. The third-order valence-corrected chi connectivity index (χ3v) is 4.62. The highest BCUT2D eigenvalue weighted by atomic mass is 35.5. The van der Waals surface area contributed by atoms with Gasteiger partial charge in [0, 0.05) is 11.6 Å². The first kappa shape index (κ1) is 15.7. The highest BCUT2D eigenvalue weighted by Crippen LogP contribution is 2.26. The van der Waals surface area contributed by atoms with Crippen LogP contribution >= 0.6 is 11.6 Å². The van der Waals surface area contributed by atoms with Gasteiger partial charge in [-0.25, -0.2) is 0 Å². The van der Waals surface area contributed by atoms with E-state index < -0.39 is 6.04 Å². The van der Waals surface area contributed by atoms with Crippen molar-refractivity contribution in [2.45, 2.75) is 32.5 Å². The molecule has 1 N–H and O–H groups in total. The topological polar surface area (TPSA) is 105 Å². The monoisotopic (exact) mass is 358 g/mol. The van der Waals surface area contributed by atoms with Crippen LogP contribution in [-0.2, 0) is 24.3 Å². The lowest BCUT2D eigenvalue weighted by molar-refractivity contribution is -0.137. The molecule has 0 spiro atoms. The molecule has 1 amide bonds. The van der Waals surface area contributed by atoms with Gasteiger partial charge in [0.05, 0.1) is 13.0 Å². The Morgan fingerprint density at radius 1 is 1.28 bits per heavy atom. The summed E-state index contributed by atoms with van der Waals surface area (Å²) < 4.78 is 1.85. The number of aromatic nitrogens is 7. The van der Waals surface area contributed by atoms with Crippen molar-refractivity contribution in [3.8, 4) is 0 Å². The van der Waals surface area contributed by atoms with Gasteiger partial charge < -0.3 is 9.47 Å². The molecule has 25 heavy (non-hydrogen) atoms. The largest absolute Gasteiger partial charge is 0.329 e. The van der Waals surface area contributed by atoms with Crippen LogP contribution in [0.1, 0.15) is 36.0 Å². The first-order valence-electron chi connectivity index (χ1n) is 7.80. The zero-order chi connectivity index (χ0) is 17.4. The number of fused-ring (bicyclic) bond motifs is 1. The van der Waals surface area contributed by atoms with E-state index >= 15 is 0 Å². The number of hydrogen-bond acceptors (Lipinski definition) is 6. The van der Waals surface area contributed by atoms with E-state index in [1.807, 2.05) is 35.8 Å². The maximum atomic E-state index is 12.8. The highest BCUT2D eigenvalue weighted by Gasteiger charge is 2.33. The predicted molar refractivity (Wildman–Crippen MR) is 87.4 cm³/mol.